The van der Waals surface area contributed by atoms with Gasteiger partial charge in [0.1, 0.15) is 0 Å². The summed E-state index contributed by atoms with van der Waals surface area (Å²) in [4.78, 5) is 17.8. The predicted molar refractivity (Wildman–Crippen MR) is 77.6 cm³/mol. The Labute approximate surface area is 118 Å². The number of piperidine rings is 1. The summed E-state index contributed by atoms with van der Waals surface area (Å²) in [5.41, 5.74) is 1.20. The van der Waals surface area contributed by atoms with E-state index in [2.05, 4.69) is 15.6 Å². The lowest BCUT2D eigenvalue weighted by atomic mass is 10.0. The average Bonchev–Trinajstić information content (AvgIpc) is 2.98. The van der Waals surface area contributed by atoms with Crippen LogP contribution in [0.25, 0.3) is 0 Å². The van der Waals surface area contributed by atoms with Crippen LogP contribution < -0.4 is 10.6 Å². The van der Waals surface area contributed by atoms with Gasteiger partial charge in [0.25, 0.3) is 0 Å². The summed E-state index contributed by atoms with van der Waals surface area (Å²) in [6.45, 7) is 1.10. The van der Waals surface area contributed by atoms with Gasteiger partial charge >= 0.3 is 0 Å². The Morgan fingerprint density at radius 2 is 2.32 bits per heavy atom. The van der Waals surface area contributed by atoms with Gasteiger partial charge in [0, 0.05) is 17.3 Å². The van der Waals surface area contributed by atoms with Gasteiger partial charge in [-0.1, -0.05) is 6.42 Å². The van der Waals surface area contributed by atoms with Gasteiger partial charge in [0.05, 0.1) is 5.69 Å². The van der Waals surface area contributed by atoms with Crippen molar-refractivity contribution in [1.29, 1.82) is 0 Å². The number of amides is 1. The topological polar surface area (TPSA) is 54.0 Å². The maximum absolute atomic E-state index is 11.9. The van der Waals surface area contributed by atoms with Crippen molar-refractivity contribution in [3.63, 3.8) is 0 Å². The fraction of sp³-hybridized carbons (Fsp3) is 0.714. The minimum Gasteiger partial charge on any atom is -0.314 e. The van der Waals surface area contributed by atoms with Crippen LogP contribution in [-0.2, 0) is 17.6 Å². The third-order valence-electron chi connectivity index (χ3n) is 3.97. The molecule has 2 aliphatic rings. The smallest absolute Gasteiger partial charge is 0.226 e. The Morgan fingerprint density at radius 1 is 1.37 bits per heavy atom. The number of anilines is 1. The van der Waals surface area contributed by atoms with Crippen molar-refractivity contribution in [1.82, 2.24) is 10.3 Å². The number of carbonyl (C=O) groups is 1. The van der Waals surface area contributed by atoms with Crippen LogP contribution >= 0.6 is 11.3 Å². The lowest BCUT2D eigenvalue weighted by Gasteiger charge is -2.22. The van der Waals surface area contributed by atoms with Crippen LogP contribution in [0.3, 0.4) is 0 Å². The van der Waals surface area contributed by atoms with E-state index in [1.165, 1.54) is 36.3 Å². The third-order valence-corrected chi connectivity index (χ3v) is 5.05. The monoisotopic (exact) mass is 279 g/mol. The second kappa shape index (κ2) is 6.01. The number of nitrogens with zero attached hydrogens (tertiary/aromatic N) is 1. The molecule has 1 aromatic heterocycles. The molecule has 5 heteroatoms. The number of hydrogen-bond donors (Lipinski definition) is 2. The standard InChI is InChI=1S/C14H21N3OS/c18-13(8-7-10-4-1-2-9-15-10)17-14-16-11-5-3-6-12(11)19-14/h10,15H,1-9H2,(H,16,17,18). The molecule has 0 bridgehead atoms. The third kappa shape index (κ3) is 3.34. The number of carbonyl (C=O) groups excluding carboxylic acids is 1. The molecule has 0 radical (unpaired) electrons. The quantitative estimate of drug-likeness (QED) is 0.890. The van der Waals surface area contributed by atoms with E-state index < -0.39 is 0 Å². The maximum Gasteiger partial charge on any atom is 0.226 e. The van der Waals surface area contributed by atoms with Crippen LogP contribution in [0.5, 0.6) is 0 Å². The van der Waals surface area contributed by atoms with Gasteiger partial charge in [-0.15, -0.1) is 11.3 Å². The molecule has 104 valence electrons. The van der Waals surface area contributed by atoms with Crippen LogP contribution in [0.4, 0.5) is 5.13 Å². The lowest BCUT2D eigenvalue weighted by Crippen LogP contribution is -2.34. The second-order valence-corrected chi connectivity index (χ2v) is 6.56. The average molecular weight is 279 g/mol. The van der Waals surface area contributed by atoms with Crippen LogP contribution in [0.15, 0.2) is 0 Å². The molecule has 0 saturated carbocycles. The molecule has 1 aromatic rings. The van der Waals surface area contributed by atoms with E-state index in [0.29, 0.717) is 12.5 Å². The molecule has 0 aromatic carbocycles. The van der Waals surface area contributed by atoms with Crippen LogP contribution in [0.2, 0.25) is 0 Å². The zero-order valence-electron chi connectivity index (χ0n) is 11.2. The first kappa shape index (κ1) is 13.1. The van der Waals surface area contributed by atoms with Gasteiger partial charge in [-0.05, 0) is 45.1 Å². The van der Waals surface area contributed by atoms with Crippen LogP contribution in [-0.4, -0.2) is 23.5 Å². The molecule has 1 fully saturated rings. The van der Waals surface area contributed by atoms with Crippen molar-refractivity contribution >= 4 is 22.4 Å². The first-order valence-corrected chi connectivity index (χ1v) is 8.15. The van der Waals surface area contributed by atoms with Gasteiger partial charge in [-0.25, -0.2) is 4.98 Å². The van der Waals surface area contributed by atoms with Crippen LogP contribution in [0, 0.1) is 0 Å². The Morgan fingerprint density at radius 3 is 3.11 bits per heavy atom. The molecule has 19 heavy (non-hydrogen) atoms. The summed E-state index contributed by atoms with van der Waals surface area (Å²) in [5.74, 6) is 0.111. The summed E-state index contributed by atoms with van der Waals surface area (Å²) >= 11 is 1.65. The predicted octanol–water partition coefficient (Wildman–Crippen LogP) is 2.49. The molecule has 0 spiro atoms. The normalized spacial score (nSPS) is 22.2. The van der Waals surface area contributed by atoms with E-state index in [1.807, 2.05) is 0 Å². The van der Waals surface area contributed by atoms with Gasteiger partial charge in [0.15, 0.2) is 5.13 Å². The minimum atomic E-state index is 0.111. The summed E-state index contributed by atoms with van der Waals surface area (Å²) in [6, 6.07) is 0.529. The largest absolute Gasteiger partial charge is 0.314 e. The molecule has 2 N–H and O–H groups in total. The molecule has 4 nitrogen and oxygen atoms in total. The maximum atomic E-state index is 11.9. The highest BCUT2D eigenvalue weighted by Gasteiger charge is 2.18. The molecular weight excluding hydrogens is 258 g/mol. The van der Waals surface area contributed by atoms with Crippen molar-refractivity contribution in [3.8, 4) is 0 Å². The minimum absolute atomic E-state index is 0.111. The fourth-order valence-corrected chi connectivity index (χ4v) is 3.97. The first-order chi connectivity index (χ1) is 9.31. The van der Waals surface area contributed by atoms with Crippen molar-refractivity contribution in [3.05, 3.63) is 10.6 Å². The van der Waals surface area contributed by atoms with E-state index in [0.717, 1.165) is 30.9 Å². The summed E-state index contributed by atoms with van der Waals surface area (Å²) in [7, 11) is 0. The van der Waals surface area contributed by atoms with Crippen molar-refractivity contribution in [2.24, 2.45) is 0 Å². The van der Waals surface area contributed by atoms with Crippen molar-refractivity contribution < 1.29 is 4.79 Å². The van der Waals surface area contributed by atoms with E-state index >= 15 is 0 Å². The van der Waals surface area contributed by atoms with E-state index in [9.17, 15) is 4.79 Å². The molecule has 1 saturated heterocycles. The molecule has 1 unspecified atom stereocenters. The summed E-state index contributed by atoms with van der Waals surface area (Å²) in [6.07, 6.45) is 8.74. The Kier molecular flexibility index (Phi) is 4.13. The number of hydrogen-bond acceptors (Lipinski definition) is 4. The van der Waals surface area contributed by atoms with E-state index in [-0.39, 0.29) is 5.91 Å². The highest BCUT2D eigenvalue weighted by Crippen LogP contribution is 2.30. The van der Waals surface area contributed by atoms with Gasteiger partial charge in [-0.3, -0.25) is 4.79 Å². The molecule has 1 aliphatic heterocycles. The Hall–Kier alpha value is -0.940. The Bertz CT molecular complexity index is 430. The zero-order chi connectivity index (χ0) is 13.1. The number of aromatic nitrogens is 1. The van der Waals surface area contributed by atoms with Gasteiger partial charge in [0.2, 0.25) is 5.91 Å². The van der Waals surface area contributed by atoms with Crippen molar-refractivity contribution in [2.75, 3.05) is 11.9 Å². The van der Waals surface area contributed by atoms with E-state index in [1.54, 1.807) is 11.3 Å². The van der Waals surface area contributed by atoms with Gasteiger partial charge in [-0.2, -0.15) is 0 Å². The van der Waals surface area contributed by atoms with Crippen molar-refractivity contribution in [2.45, 2.75) is 57.4 Å². The number of aryl methyl sites for hydroxylation is 2. The SMILES string of the molecule is O=C(CCC1CCCCN1)Nc1nc2c(s1)CCC2. The molecule has 2 heterocycles. The first-order valence-electron chi connectivity index (χ1n) is 7.33. The summed E-state index contributed by atoms with van der Waals surface area (Å²) < 4.78 is 0. The molecular formula is C14H21N3OS. The number of thiazole rings is 1. The highest BCUT2D eigenvalue weighted by molar-refractivity contribution is 7.15. The molecule has 1 amide bonds. The Balaban J connectivity index is 1.45. The highest BCUT2D eigenvalue weighted by atomic mass is 32.1. The molecule has 3 rings (SSSR count). The molecule has 1 atom stereocenters. The lowest BCUT2D eigenvalue weighted by molar-refractivity contribution is -0.116. The second-order valence-electron chi connectivity index (χ2n) is 5.48. The van der Waals surface area contributed by atoms with Gasteiger partial charge < -0.3 is 10.6 Å². The van der Waals surface area contributed by atoms with E-state index in [4.69, 9.17) is 0 Å². The summed E-state index contributed by atoms with van der Waals surface area (Å²) in [5, 5.41) is 7.23. The number of fused-ring (bicyclic) bond motifs is 1. The van der Waals surface area contributed by atoms with Crippen LogP contribution in [0.1, 0.15) is 49.1 Å². The number of rotatable bonds is 4. The number of nitrogens with one attached hydrogen (secondary N) is 2. The fourth-order valence-electron chi connectivity index (χ4n) is 2.90. The zero-order valence-corrected chi connectivity index (χ0v) is 12.0. The molecule has 1 aliphatic carbocycles.